The van der Waals surface area contributed by atoms with E-state index >= 15 is 0 Å². The predicted molar refractivity (Wildman–Crippen MR) is 101 cm³/mol. The van der Waals surface area contributed by atoms with E-state index in [2.05, 4.69) is 27.0 Å². The highest BCUT2D eigenvalue weighted by Crippen LogP contribution is 2.27. The molecule has 1 heterocycles. The first-order chi connectivity index (χ1) is 11.1. The minimum atomic E-state index is -0.117. The van der Waals surface area contributed by atoms with E-state index in [1.807, 2.05) is 19.0 Å². The topological polar surface area (TPSA) is 51.7 Å². The molecule has 0 spiro atoms. The fourth-order valence-electron chi connectivity index (χ4n) is 1.81. The summed E-state index contributed by atoms with van der Waals surface area (Å²) in [6.45, 7) is 1.76. The number of ether oxygens (including phenoxy) is 1. The van der Waals surface area contributed by atoms with Crippen LogP contribution >= 0.6 is 28.5 Å². The van der Waals surface area contributed by atoms with Crippen molar-refractivity contribution in [3.05, 3.63) is 53.9 Å². The molecule has 0 saturated carbocycles. The van der Waals surface area contributed by atoms with Crippen LogP contribution in [0.1, 0.15) is 16.1 Å². The third kappa shape index (κ3) is 5.71. The van der Waals surface area contributed by atoms with Crippen molar-refractivity contribution < 1.29 is 14.1 Å². The molecule has 2 aromatic rings. The summed E-state index contributed by atoms with van der Waals surface area (Å²) in [7, 11) is 3.97. The maximum absolute atomic E-state index is 12.4. The molecule has 7 heteroatoms. The molecule has 0 aliphatic carbocycles. The number of rotatable bonds is 8. The summed E-state index contributed by atoms with van der Waals surface area (Å²) in [5, 5.41) is 0. The fourth-order valence-corrected chi connectivity index (χ4v) is 2.80. The van der Waals surface area contributed by atoms with Gasteiger partial charge in [-0.2, -0.15) is 0 Å². The second-order valence-corrected chi connectivity index (χ2v) is 6.74. The molecule has 122 valence electrons. The zero-order valence-corrected chi connectivity index (χ0v) is 16.1. The lowest BCUT2D eigenvalue weighted by Crippen LogP contribution is -2.19. The van der Waals surface area contributed by atoms with Crippen molar-refractivity contribution >= 4 is 34.3 Å². The first-order valence-corrected chi connectivity index (χ1v) is 11.0. The van der Waals surface area contributed by atoms with Gasteiger partial charge in [-0.15, -0.1) is 0 Å². The van der Waals surface area contributed by atoms with Crippen molar-refractivity contribution in [1.29, 1.82) is 0 Å². The van der Waals surface area contributed by atoms with Crippen molar-refractivity contribution in [1.82, 2.24) is 9.88 Å². The van der Waals surface area contributed by atoms with E-state index in [0.29, 0.717) is 30.1 Å². The molecule has 1 aromatic heterocycles. The number of benzene rings is 1. The number of aromatic nitrogens is 1. The van der Waals surface area contributed by atoms with E-state index in [4.69, 9.17) is 9.26 Å². The Bertz CT molecular complexity index is 633. The summed E-state index contributed by atoms with van der Waals surface area (Å²) in [4.78, 5) is 18.6. The third-order valence-corrected chi connectivity index (χ3v) is 4.02. The van der Waals surface area contributed by atoms with Crippen LogP contribution in [0, 0.1) is 0 Å². The minimum Gasteiger partial charge on any atom is -0.491 e. The van der Waals surface area contributed by atoms with Gasteiger partial charge in [0.25, 0.3) is 0 Å². The summed E-state index contributed by atoms with van der Waals surface area (Å²) >= 11 is 2.15. The molecular weight excluding hydrogens is 426 g/mol. The summed E-state index contributed by atoms with van der Waals surface area (Å²) < 4.78 is 11.0. The van der Waals surface area contributed by atoms with Gasteiger partial charge >= 0.3 is 0 Å². The molecule has 0 aliphatic heterocycles. The van der Waals surface area contributed by atoms with Gasteiger partial charge in [-0.05, 0) is 72.5 Å². The van der Waals surface area contributed by atoms with Gasteiger partial charge in [0, 0.05) is 12.1 Å². The SMILES string of the molecule is CN(C)CCOc1ccc(C(=O)c2ccc(OPI)cc2)nc1. The third-order valence-electron chi connectivity index (χ3n) is 3.05. The number of halogens is 1. The van der Waals surface area contributed by atoms with Crippen LogP contribution < -0.4 is 9.26 Å². The Kier molecular flexibility index (Phi) is 7.20. The molecule has 1 aromatic carbocycles. The van der Waals surface area contributed by atoms with Gasteiger partial charge in [-0.25, -0.2) is 4.98 Å². The van der Waals surface area contributed by atoms with E-state index in [-0.39, 0.29) is 5.78 Å². The Labute approximate surface area is 150 Å². The van der Waals surface area contributed by atoms with Gasteiger partial charge < -0.3 is 14.2 Å². The predicted octanol–water partition coefficient (Wildman–Crippen LogP) is 3.58. The van der Waals surface area contributed by atoms with E-state index in [1.165, 1.54) is 0 Å². The molecule has 23 heavy (non-hydrogen) atoms. The van der Waals surface area contributed by atoms with Gasteiger partial charge in [-0.1, -0.05) is 0 Å². The average molecular weight is 444 g/mol. The lowest BCUT2D eigenvalue weighted by Gasteiger charge is -2.10. The number of ketones is 1. The van der Waals surface area contributed by atoms with Crippen molar-refractivity contribution in [3.63, 3.8) is 0 Å². The second kappa shape index (κ2) is 9.15. The van der Waals surface area contributed by atoms with Gasteiger partial charge in [0.2, 0.25) is 5.78 Å². The number of hydrogen-bond donors (Lipinski definition) is 0. The molecular formula is C16H18IN2O3P. The number of likely N-dealkylation sites (N-methyl/N-ethyl adjacent to an activating group) is 1. The van der Waals surface area contributed by atoms with Crippen LogP contribution in [0.15, 0.2) is 42.6 Å². The van der Waals surface area contributed by atoms with Crippen LogP contribution in [0.25, 0.3) is 0 Å². The van der Waals surface area contributed by atoms with E-state index < -0.39 is 0 Å². The minimum absolute atomic E-state index is 0.117. The Balaban J connectivity index is 1.99. The fraction of sp³-hybridized carbons (Fsp3) is 0.250. The summed E-state index contributed by atoms with van der Waals surface area (Å²) in [6.07, 6.45) is 1.58. The van der Waals surface area contributed by atoms with Crippen LogP contribution in [0.5, 0.6) is 11.5 Å². The summed E-state index contributed by atoms with van der Waals surface area (Å²) in [5.41, 5.74) is 0.984. The second-order valence-electron chi connectivity index (χ2n) is 5.06. The van der Waals surface area contributed by atoms with Gasteiger partial charge in [-0.3, -0.25) is 4.79 Å². The van der Waals surface area contributed by atoms with Crippen LogP contribution in [0.4, 0.5) is 0 Å². The van der Waals surface area contributed by atoms with Crippen LogP contribution in [-0.2, 0) is 0 Å². The highest BCUT2D eigenvalue weighted by molar-refractivity contribution is 14.2. The molecule has 0 aliphatic rings. The Morgan fingerprint density at radius 3 is 2.43 bits per heavy atom. The molecule has 0 fully saturated rings. The number of carbonyl (C=O) groups excluding carboxylic acids is 1. The zero-order valence-electron chi connectivity index (χ0n) is 13.0. The number of hydrogen-bond acceptors (Lipinski definition) is 5. The largest absolute Gasteiger partial charge is 0.491 e. The summed E-state index contributed by atoms with van der Waals surface area (Å²) in [5.74, 6) is 1.30. The van der Waals surface area contributed by atoms with Gasteiger partial charge in [0.1, 0.15) is 30.2 Å². The molecule has 1 atom stereocenters. The van der Waals surface area contributed by atoms with Crippen molar-refractivity contribution in [2.45, 2.75) is 0 Å². The summed E-state index contributed by atoms with van der Waals surface area (Å²) in [6, 6.07) is 10.5. The van der Waals surface area contributed by atoms with Crippen LogP contribution in [0.2, 0.25) is 0 Å². The van der Waals surface area contributed by atoms with E-state index in [0.717, 1.165) is 12.3 Å². The van der Waals surface area contributed by atoms with Gasteiger partial charge in [0.05, 0.1) is 6.20 Å². The molecule has 2 rings (SSSR count). The Hall–Kier alpha value is -1.24. The van der Waals surface area contributed by atoms with E-state index in [1.54, 1.807) is 42.6 Å². The molecule has 5 nitrogen and oxygen atoms in total. The lowest BCUT2D eigenvalue weighted by atomic mass is 10.1. The molecule has 0 amide bonds. The van der Waals surface area contributed by atoms with E-state index in [9.17, 15) is 4.79 Å². The molecule has 0 N–H and O–H groups in total. The number of nitrogens with zero attached hydrogens (tertiary/aromatic N) is 2. The number of pyridine rings is 1. The quantitative estimate of drug-likeness (QED) is 0.354. The number of carbonyl (C=O) groups is 1. The standard InChI is InChI=1S/C16H18IN2O3P/c1-19(2)9-10-21-14-7-8-15(18-11-14)16(20)12-3-5-13(6-4-12)22-23-17/h3-8,11,23H,9-10H2,1-2H3. The maximum atomic E-state index is 12.4. The molecule has 0 bridgehead atoms. The maximum Gasteiger partial charge on any atom is 0.211 e. The first kappa shape index (κ1) is 18.1. The average Bonchev–Trinajstić information content (AvgIpc) is 2.55. The molecule has 0 radical (unpaired) electrons. The smallest absolute Gasteiger partial charge is 0.211 e. The monoisotopic (exact) mass is 444 g/mol. The zero-order chi connectivity index (χ0) is 16.7. The van der Waals surface area contributed by atoms with Crippen molar-refractivity contribution in [3.8, 4) is 11.5 Å². The highest BCUT2D eigenvalue weighted by atomic mass is 127. The van der Waals surface area contributed by atoms with Crippen LogP contribution in [-0.4, -0.2) is 42.9 Å². The van der Waals surface area contributed by atoms with Gasteiger partial charge in [0.15, 0.2) is 0 Å². The van der Waals surface area contributed by atoms with Crippen molar-refractivity contribution in [2.75, 3.05) is 27.2 Å². The molecule has 1 unspecified atom stereocenters. The highest BCUT2D eigenvalue weighted by Gasteiger charge is 2.11. The molecule has 0 saturated heterocycles. The first-order valence-electron chi connectivity index (χ1n) is 7.01. The Morgan fingerprint density at radius 2 is 1.87 bits per heavy atom. The lowest BCUT2D eigenvalue weighted by molar-refractivity contribution is 0.103. The normalized spacial score (nSPS) is 11.1. The van der Waals surface area contributed by atoms with Crippen molar-refractivity contribution in [2.24, 2.45) is 0 Å². The Morgan fingerprint density at radius 1 is 1.17 bits per heavy atom. The van der Waals surface area contributed by atoms with Crippen LogP contribution in [0.3, 0.4) is 0 Å².